The zero-order valence-electron chi connectivity index (χ0n) is 22.3. The molecule has 0 aliphatic carbocycles. The highest BCUT2D eigenvalue weighted by Crippen LogP contribution is 2.21. The van der Waals surface area contributed by atoms with E-state index in [9.17, 15) is 32.3 Å². The lowest BCUT2D eigenvalue weighted by Crippen LogP contribution is -2.57. The molecule has 3 N–H and O–H groups in total. The summed E-state index contributed by atoms with van der Waals surface area (Å²) in [5, 5.41) is 7.39. The molecule has 0 fully saturated rings. The van der Waals surface area contributed by atoms with Crippen LogP contribution in [0.1, 0.15) is 33.3 Å². The SMILES string of the molecule is C=C(/C=C\C(=C/C)OC)[C@H](NC(=O)[C@H](C)NC(=O)Cc1cccc(Cl)c1)C(=O)N[C@H](C(=O)C(F)(F)F)C(C)C. The summed E-state index contributed by atoms with van der Waals surface area (Å²) >= 11 is 5.92. The second kappa shape index (κ2) is 15.1. The lowest BCUT2D eigenvalue weighted by Gasteiger charge is -2.26. The number of hydrogen-bond acceptors (Lipinski definition) is 5. The molecule has 0 aliphatic rings. The van der Waals surface area contributed by atoms with Gasteiger partial charge >= 0.3 is 6.18 Å². The van der Waals surface area contributed by atoms with Crippen LogP contribution in [-0.2, 0) is 30.3 Å². The third-order valence-electron chi connectivity index (χ3n) is 5.45. The normalized spacial score (nSPS) is 14.4. The van der Waals surface area contributed by atoms with E-state index in [1.165, 1.54) is 40.0 Å². The summed E-state index contributed by atoms with van der Waals surface area (Å²) in [6, 6.07) is 1.98. The molecule has 0 bridgehead atoms. The largest absolute Gasteiger partial charge is 0.497 e. The van der Waals surface area contributed by atoms with Gasteiger partial charge in [-0.15, -0.1) is 0 Å². The number of carbonyl (C=O) groups excluding carboxylic acids is 4. The van der Waals surface area contributed by atoms with Crippen LogP contribution in [0.3, 0.4) is 0 Å². The minimum absolute atomic E-state index is 0.0170. The van der Waals surface area contributed by atoms with E-state index in [0.717, 1.165) is 0 Å². The highest BCUT2D eigenvalue weighted by atomic mass is 35.5. The number of Topliss-reactive ketones (excluding diaryl/α,β-unsaturated/α-hetero) is 1. The van der Waals surface area contributed by atoms with Gasteiger partial charge in [-0.2, -0.15) is 13.2 Å². The molecule has 39 heavy (non-hydrogen) atoms. The predicted octanol–water partition coefficient (Wildman–Crippen LogP) is 3.81. The van der Waals surface area contributed by atoms with Crippen LogP contribution in [0, 0.1) is 5.92 Å². The van der Waals surface area contributed by atoms with E-state index < -0.39 is 53.7 Å². The second-order valence-corrected chi connectivity index (χ2v) is 9.37. The molecule has 0 spiro atoms. The van der Waals surface area contributed by atoms with E-state index in [-0.39, 0.29) is 12.0 Å². The molecule has 12 heteroatoms. The van der Waals surface area contributed by atoms with Crippen LogP contribution >= 0.6 is 11.6 Å². The Labute approximate surface area is 230 Å². The minimum atomic E-state index is -5.18. The topological polar surface area (TPSA) is 114 Å². The van der Waals surface area contributed by atoms with Crippen LogP contribution in [0.4, 0.5) is 13.2 Å². The van der Waals surface area contributed by atoms with Crippen molar-refractivity contribution < 1.29 is 37.1 Å². The number of hydrogen-bond donors (Lipinski definition) is 3. The molecule has 0 saturated heterocycles. The molecule has 3 atom stereocenters. The van der Waals surface area contributed by atoms with Crippen LogP contribution in [0.5, 0.6) is 0 Å². The Morgan fingerprint density at radius 3 is 2.21 bits per heavy atom. The molecular weight excluding hydrogens is 539 g/mol. The molecule has 0 aliphatic heterocycles. The average molecular weight is 572 g/mol. The van der Waals surface area contributed by atoms with Crippen LogP contribution in [0.2, 0.25) is 5.02 Å². The van der Waals surface area contributed by atoms with Gasteiger partial charge in [-0.1, -0.05) is 50.2 Å². The zero-order chi connectivity index (χ0) is 29.9. The maximum Gasteiger partial charge on any atom is 0.452 e. The third-order valence-corrected chi connectivity index (χ3v) is 5.69. The fraction of sp³-hybridized carbons (Fsp3) is 0.407. The molecule has 0 aromatic heterocycles. The summed E-state index contributed by atoms with van der Waals surface area (Å²) in [6.07, 6.45) is -0.880. The van der Waals surface area contributed by atoms with Crippen molar-refractivity contribution in [2.75, 3.05) is 7.11 Å². The van der Waals surface area contributed by atoms with Crippen molar-refractivity contribution in [3.8, 4) is 0 Å². The monoisotopic (exact) mass is 571 g/mol. The summed E-state index contributed by atoms with van der Waals surface area (Å²) in [7, 11) is 1.40. The Bertz CT molecular complexity index is 1130. The molecular formula is C27H33ClF3N3O5. The first-order chi connectivity index (χ1) is 18.1. The van der Waals surface area contributed by atoms with E-state index in [4.69, 9.17) is 16.3 Å². The van der Waals surface area contributed by atoms with Gasteiger partial charge in [0.1, 0.15) is 17.8 Å². The predicted molar refractivity (Wildman–Crippen MR) is 142 cm³/mol. The highest BCUT2D eigenvalue weighted by Gasteiger charge is 2.45. The Kier molecular flexibility index (Phi) is 12.9. The van der Waals surface area contributed by atoms with Gasteiger partial charge in [0.15, 0.2) is 0 Å². The van der Waals surface area contributed by atoms with Crippen molar-refractivity contribution in [1.29, 1.82) is 0 Å². The second-order valence-electron chi connectivity index (χ2n) is 8.93. The van der Waals surface area contributed by atoms with Crippen molar-refractivity contribution >= 4 is 35.1 Å². The van der Waals surface area contributed by atoms with Crippen LogP contribution in [0.25, 0.3) is 0 Å². The number of halogens is 4. The van der Waals surface area contributed by atoms with Gasteiger partial charge in [-0.3, -0.25) is 19.2 Å². The third kappa shape index (κ3) is 11.0. The maximum atomic E-state index is 13.1. The Morgan fingerprint density at radius 1 is 1.05 bits per heavy atom. The van der Waals surface area contributed by atoms with Crippen molar-refractivity contribution in [1.82, 2.24) is 16.0 Å². The number of ketones is 1. The molecule has 0 unspecified atom stereocenters. The average Bonchev–Trinajstić information content (AvgIpc) is 2.84. The lowest BCUT2D eigenvalue weighted by molar-refractivity contribution is -0.175. The van der Waals surface area contributed by atoms with Crippen molar-refractivity contribution in [3.05, 3.63) is 71.0 Å². The Balaban J connectivity index is 3.13. The number of benzene rings is 1. The fourth-order valence-electron chi connectivity index (χ4n) is 3.30. The van der Waals surface area contributed by atoms with E-state index in [0.29, 0.717) is 16.3 Å². The van der Waals surface area contributed by atoms with Crippen molar-refractivity contribution in [2.24, 2.45) is 5.92 Å². The molecule has 3 amide bonds. The molecule has 214 valence electrons. The van der Waals surface area contributed by atoms with E-state index in [2.05, 4.69) is 22.5 Å². The van der Waals surface area contributed by atoms with Crippen LogP contribution in [-0.4, -0.2) is 54.9 Å². The first kappa shape index (κ1) is 33.4. The molecule has 1 aromatic rings. The maximum absolute atomic E-state index is 13.1. The Morgan fingerprint density at radius 2 is 1.69 bits per heavy atom. The fourth-order valence-corrected chi connectivity index (χ4v) is 3.51. The first-order valence-corrected chi connectivity index (χ1v) is 12.3. The smallest absolute Gasteiger partial charge is 0.452 e. The van der Waals surface area contributed by atoms with Crippen molar-refractivity contribution in [3.63, 3.8) is 0 Å². The number of allylic oxidation sites excluding steroid dienone is 2. The molecule has 0 radical (unpaired) electrons. The summed E-state index contributed by atoms with van der Waals surface area (Å²) in [5.74, 6) is -5.06. The summed E-state index contributed by atoms with van der Waals surface area (Å²) in [6.45, 7) is 9.47. The van der Waals surface area contributed by atoms with Crippen LogP contribution in [0.15, 0.2) is 60.4 Å². The molecule has 1 aromatic carbocycles. The van der Waals surface area contributed by atoms with Crippen LogP contribution < -0.4 is 16.0 Å². The van der Waals surface area contributed by atoms with Gasteiger partial charge in [0.2, 0.25) is 17.7 Å². The Hall–Kier alpha value is -3.60. The molecule has 1 rings (SSSR count). The number of nitrogens with one attached hydrogen (secondary N) is 3. The van der Waals surface area contributed by atoms with Gasteiger partial charge in [-0.25, -0.2) is 0 Å². The van der Waals surface area contributed by atoms with Gasteiger partial charge < -0.3 is 20.7 Å². The quantitative estimate of drug-likeness (QED) is 0.246. The van der Waals surface area contributed by atoms with E-state index >= 15 is 0 Å². The molecule has 0 saturated carbocycles. The van der Waals surface area contributed by atoms with Crippen molar-refractivity contribution in [2.45, 2.75) is 58.4 Å². The minimum Gasteiger partial charge on any atom is -0.497 e. The van der Waals surface area contributed by atoms with Gasteiger partial charge in [0.05, 0.1) is 19.6 Å². The lowest BCUT2D eigenvalue weighted by atomic mass is 9.98. The van der Waals surface area contributed by atoms with Gasteiger partial charge in [0, 0.05) is 5.02 Å². The summed E-state index contributed by atoms with van der Waals surface area (Å²) in [4.78, 5) is 50.3. The number of rotatable bonds is 13. The number of alkyl halides is 3. The highest BCUT2D eigenvalue weighted by molar-refractivity contribution is 6.30. The number of ether oxygens (including phenoxy) is 1. The zero-order valence-corrected chi connectivity index (χ0v) is 23.1. The molecule has 0 heterocycles. The van der Waals surface area contributed by atoms with Gasteiger partial charge in [0.25, 0.3) is 5.78 Å². The van der Waals surface area contributed by atoms with E-state index in [1.54, 1.807) is 37.3 Å². The van der Waals surface area contributed by atoms with Gasteiger partial charge in [-0.05, 0) is 55.2 Å². The molecule has 8 nitrogen and oxygen atoms in total. The number of carbonyl (C=O) groups is 4. The summed E-state index contributed by atoms with van der Waals surface area (Å²) < 4.78 is 44.4. The summed E-state index contributed by atoms with van der Waals surface area (Å²) in [5.41, 5.74) is 0.590. The standard InChI is InChI=1S/C27H33ClF3N3O5/c1-7-20(39-6)12-11-16(4)23(26(38)33-22(15(2)3)24(36)27(29,30)31)34-25(37)17(5)32-21(35)14-18-9-8-10-19(28)13-18/h7-13,15,17,22-23H,4,14H2,1-3,5-6H3,(H,32,35)(H,33,38)(H,34,37)/b12-11-,20-7+/t17-,22-,23-/m0/s1. The first-order valence-electron chi connectivity index (χ1n) is 11.9. The number of methoxy groups -OCH3 is 1. The van der Waals surface area contributed by atoms with E-state index in [1.807, 2.05) is 0 Å². The number of amides is 3.